The fourth-order valence-corrected chi connectivity index (χ4v) is 2.52. The first-order chi connectivity index (χ1) is 8.15. The third-order valence-electron chi connectivity index (χ3n) is 2.74. The van der Waals surface area contributed by atoms with Gasteiger partial charge >= 0.3 is 0 Å². The normalized spacial score (nSPS) is 18.2. The largest absolute Gasteiger partial charge is 0.374 e. The van der Waals surface area contributed by atoms with E-state index in [-0.39, 0.29) is 11.9 Å². The zero-order chi connectivity index (χ0) is 12.3. The van der Waals surface area contributed by atoms with Crippen molar-refractivity contribution in [2.75, 3.05) is 25.4 Å². The van der Waals surface area contributed by atoms with Crippen LogP contribution >= 0.6 is 11.3 Å². The number of hydrogen-bond acceptors (Lipinski definition) is 6. The van der Waals surface area contributed by atoms with E-state index in [0.717, 1.165) is 31.0 Å². The fraction of sp³-hybridized carbons (Fsp3) is 0.700. The quantitative estimate of drug-likeness (QED) is 0.810. The molecule has 1 atom stereocenters. The number of nitrogens with zero attached hydrogens (tertiary/aromatic N) is 3. The summed E-state index contributed by atoms with van der Waals surface area (Å²) in [5.41, 5.74) is 5.44. The Labute approximate surface area is 104 Å². The molecule has 1 aliphatic heterocycles. The van der Waals surface area contributed by atoms with Crippen LogP contribution in [0.2, 0.25) is 0 Å². The van der Waals surface area contributed by atoms with Crippen molar-refractivity contribution in [3.8, 4) is 0 Å². The molecule has 1 fully saturated rings. The van der Waals surface area contributed by atoms with Gasteiger partial charge in [0.2, 0.25) is 10.1 Å². The molecular weight excluding hydrogens is 238 g/mol. The molecule has 3 N–H and O–H groups in total. The third-order valence-corrected chi connectivity index (χ3v) is 3.49. The monoisotopic (exact) mass is 255 g/mol. The van der Waals surface area contributed by atoms with Crippen LogP contribution in [-0.4, -0.2) is 46.7 Å². The molecule has 1 aromatic rings. The number of hydrogen-bond donors (Lipinski definition) is 2. The van der Waals surface area contributed by atoms with Gasteiger partial charge in [0.25, 0.3) is 5.91 Å². The highest BCUT2D eigenvalue weighted by molar-refractivity contribution is 7.16. The molecule has 0 radical (unpaired) electrons. The molecule has 7 heteroatoms. The Bertz CT molecular complexity index is 388. The van der Waals surface area contributed by atoms with Crippen LogP contribution in [0.25, 0.3) is 0 Å². The molecule has 2 rings (SSSR count). The lowest BCUT2D eigenvalue weighted by molar-refractivity contribution is 0.0931. The Morgan fingerprint density at radius 3 is 2.82 bits per heavy atom. The summed E-state index contributed by atoms with van der Waals surface area (Å²) in [6, 6.07) is 0.116. The van der Waals surface area contributed by atoms with Crippen molar-refractivity contribution in [3.05, 3.63) is 5.01 Å². The number of nitrogens with one attached hydrogen (secondary N) is 1. The molecule has 0 saturated carbocycles. The number of carbonyl (C=O) groups excluding carboxylic acids is 1. The minimum Gasteiger partial charge on any atom is -0.374 e. The zero-order valence-corrected chi connectivity index (χ0v) is 10.7. The van der Waals surface area contributed by atoms with Crippen LogP contribution in [0.1, 0.15) is 29.6 Å². The number of anilines is 1. The molecule has 1 saturated heterocycles. The van der Waals surface area contributed by atoms with E-state index in [2.05, 4.69) is 20.4 Å². The first-order valence-electron chi connectivity index (χ1n) is 5.77. The number of amides is 1. The maximum absolute atomic E-state index is 11.8. The van der Waals surface area contributed by atoms with Crippen LogP contribution in [0.5, 0.6) is 0 Å². The standard InChI is InChI=1S/C10H17N5OS/c1-7(6-15-4-2-3-5-15)12-8(16)9-13-14-10(11)17-9/h7H,2-6H2,1H3,(H2,11,14)(H,12,16). The van der Waals surface area contributed by atoms with Gasteiger partial charge in [-0.1, -0.05) is 11.3 Å². The molecule has 1 aromatic heterocycles. The van der Waals surface area contributed by atoms with Crippen LogP contribution < -0.4 is 11.1 Å². The van der Waals surface area contributed by atoms with Crippen molar-refractivity contribution in [2.45, 2.75) is 25.8 Å². The fourth-order valence-electron chi connectivity index (χ4n) is 2.01. The lowest BCUT2D eigenvalue weighted by Gasteiger charge is -2.20. The number of likely N-dealkylation sites (tertiary alicyclic amines) is 1. The summed E-state index contributed by atoms with van der Waals surface area (Å²) in [4.78, 5) is 14.1. The van der Waals surface area contributed by atoms with Gasteiger partial charge in [0.15, 0.2) is 0 Å². The molecule has 94 valence electrons. The van der Waals surface area contributed by atoms with Crippen LogP contribution in [0.15, 0.2) is 0 Å². The van der Waals surface area contributed by atoms with Gasteiger partial charge in [-0.15, -0.1) is 10.2 Å². The molecule has 0 aliphatic carbocycles. The molecule has 1 amide bonds. The number of nitrogen functional groups attached to an aromatic ring is 1. The average molecular weight is 255 g/mol. The number of carbonyl (C=O) groups is 1. The lowest BCUT2D eigenvalue weighted by Crippen LogP contribution is -2.41. The van der Waals surface area contributed by atoms with Gasteiger partial charge in [0, 0.05) is 12.6 Å². The van der Waals surface area contributed by atoms with Crippen molar-refractivity contribution < 1.29 is 4.79 Å². The Hall–Kier alpha value is -1.21. The van der Waals surface area contributed by atoms with Gasteiger partial charge in [-0.25, -0.2) is 0 Å². The first kappa shape index (κ1) is 12.3. The van der Waals surface area contributed by atoms with Crippen molar-refractivity contribution in [3.63, 3.8) is 0 Å². The van der Waals surface area contributed by atoms with Crippen LogP contribution in [0.4, 0.5) is 5.13 Å². The van der Waals surface area contributed by atoms with Crippen molar-refractivity contribution in [1.82, 2.24) is 20.4 Å². The number of nitrogens with two attached hydrogens (primary N) is 1. The Balaban J connectivity index is 1.81. The Morgan fingerprint density at radius 2 is 2.24 bits per heavy atom. The predicted molar refractivity (Wildman–Crippen MR) is 66.9 cm³/mol. The van der Waals surface area contributed by atoms with Crippen LogP contribution in [0, 0.1) is 0 Å². The number of aromatic nitrogens is 2. The summed E-state index contributed by atoms with van der Waals surface area (Å²) in [6.07, 6.45) is 2.52. The van der Waals surface area contributed by atoms with E-state index in [4.69, 9.17) is 5.73 Å². The topological polar surface area (TPSA) is 84.1 Å². The van der Waals surface area contributed by atoms with Gasteiger partial charge < -0.3 is 16.0 Å². The number of rotatable bonds is 4. The van der Waals surface area contributed by atoms with E-state index in [0.29, 0.717) is 10.1 Å². The van der Waals surface area contributed by atoms with Gasteiger partial charge in [0.1, 0.15) is 0 Å². The molecule has 0 spiro atoms. The highest BCUT2D eigenvalue weighted by atomic mass is 32.1. The summed E-state index contributed by atoms with van der Waals surface area (Å²) in [5, 5.41) is 10.9. The van der Waals surface area contributed by atoms with E-state index in [1.807, 2.05) is 6.92 Å². The van der Waals surface area contributed by atoms with Gasteiger partial charge in [-0.3, -0.25) is 4.79 Å². The predicted octanol–water partition coefficient (Wildman–Crippen LogP) is 0.334. The molecule has 6 nitrogen and oxygen atoms in total. The molecule has 0 aromatic carbocycles. The minimum absolute atomic E-state index is 0.116. The summed E-state index contributed by atoms with van der Waals surface area (Å²) in [7, 11) is 0. The Morgan fingerprint density at radius 1 is 1.53 bits per heavy atom. The third kappa shape index (κ3) is 3.37. The molecular formula is C10H17N5OS. The van der Waals surface area contributed by atoms with E-state index < -0.39 is 0 Å². The summed E-state index contributed by atoms with van der Waals surface area (Å²) in [5.74, 6) is -0.189. The SMILES string of the molecule is CC(CN1CCCC1)NC(=O)c1nnc(N)s1. The van der Waals surface area contributed by atoms with E-state index in [1.54, 1.807) is 0 Å². The second-order valence-electron chi connectivity index (χ2n) is 4.33. The highest BCUT2D eigenvalue weighted by Crippen LogP contribution is 2.11. The van der Waals surface area contributed by atoms with Gasteiger partial charge in [0.05, 0.1) is 0 Å². The van der Waals surface area contributed by atoms with Crippen molar-refractivity contribution in [1.29, 1.82) is 0 Å². The van der Waals surface area contributed by atoms with Crippen LogP contribution in [-0.2, 0) is 0 Å². The van der Waals surface area contributed by atoms with Gasteiger partial charge in [-0.05, 0) is 32.9 Å². The molecule has 1 aliphatic rings. The first-order valence-corrected chi connectivity index (χ1v) is 6.59. The maximum Gasteiger partial charge on any atom is 0.282 e. The van der Waals surface area contributed by atoms with E-state index >= 15 is 0 Å². The highest BCUT2D eigenvalue weighted by Gasteiger charge is 2.18. The van der Waals surface area contributed by atoms with E-state index in [9.17, 15) is 4.79 Å². The molecule has 2 heterocycles. The van der Waals surface area contributed by atoms with Crippen molar-refractivity contribution >= 4 is 22.4 Å². The second kappa shape index (κ2) is 5.42. The summed E-state index contributed by atoms with van der Waals surface area (Å²) >= 11 is 1.11. The van der Waals surface area contributed by atoms with Crippen LogP contribution in [0.3, 0.4) is 0 Å². The summed E-state index contributed by atoms with van der Waals surface area (Å²) < 4.78 is 0. The average Bonchev–Trinajstić information content (AvgIpc) is 2.89. The Kier molecular flexibility index (Phi) is 3.90. The second-order valence-corrected chi connectivity index (χ2v) is 5.34. The molecule has 17 heavy (non-hydrogen) atoms. The smallest absolute Gasteiger partial charge is 0.282 e. The lowest BCUT2D eigenvalue weighted by atomic mass is 10.3. The molecule has 0 bridgehead atoms. The minimum atomic E-state index is -0.189. The molecule has 1 unspecified atom stereocenters. The maximum atomic E-state index is 11.8. The summed E-state index contributed by atoms with van der Waals surface area (Å²) in [6.45, 7) is 5.15. The van der Waals surface area contributed by atoms with Gasteiger partial charge in [-0.2, -0.15) is 0 Å². The van der Waals surface area contributed by atoms with Crippen molar-refractivity contribution in [2.24, 2.45) is 0 Å². The van der Waals surface area contributed by atoms with E-state index in [1.165, 1.54) is 12.8 Å². The zero-order valence-electron chi connectivity index (χ0n) is 9.85.